The van der Waals surface area contributed by atoms with Gasteiger partial charge in [0, 0.05) is 0 Å². The Morgan fingerprint density at radius 3 is 3.06 bits per heavy atom. The van der Waals surface area contributed by atoms with Crippen LogP contribution in [-0.4, -0.2) is 9.97 Å². The van der Waals surface area contributed by atoms with Gasteiger partial charge >= 0.3 is 0 Å². The second-order valence-electron chi connectivity index (χ2n) is 4.51. The molecule has 0 fully saturated rings. The molecule has 1 heterocycles. The van der Waals surface area contributed by atoms with Crippen LogP contribution in [0, 0.1) is 11.3 Å². The van der Waals surface area contributed by atoms with Crippen LogP contribution in [-0.2, 0) is 6.42 Å². The summed E-state index contributed by atoms with van der Waals surface area (Å²) in [5.74, 6) is 0. The van der Waals surface area contributed by atoms with Crippen LogP contribution in [0.3, 0.4) is 0 Å². The molecule has 0 aliphatic heterocycles. The van der Waals surface area contributed by atoms with Crippen molar-refractivity contribution in [1.29, 1.82) is 5.26 Å². The first kappa shape index (κ1) is 10.8. The van der Waals surface area contributed by atoms with Crippen LogP contribution in [0.1, 0.15) is 35.2 Å². The molecule has 1 aliphatic rings. The first-order valence-corrected chi connectivity index (χ1v) is 6.09. The molecule has 18 heavy (non-hydrogen) atoms. The van der Waals surface area contributed by atoms with Crippen LogP contribution in [0.15, 0.2) is 30.7 Å². The molecular weight excluding hydrogens is 222 g/mol. The number of nitrogens with zero attached hydrogens (tertiary/aromatic N) is 2. The van der Waals surface area contributed by atoms with E-state index in [1.807, 2.05) is 18.3 Å². The topological polar surface area (TPSA) is 52.5 Å². The van der Waals surface area contributed by atoms with E-state index in [1.165, 1.54) is 16.7 Å². The quantitative estimate of drug-likeness (QED) is 0.825. The Morgan fingerprint density at radius 2 is 2.28 bits per heavy atom. The predicted octanol–water partition coefficient (Wildman–Crippen LogP) is 3.16. The van der Waals surface area contributed by atoms with Crippen LogP contribution in [0.2, 0.25) is 0 Å². The molecule has 1 N–H and O–H groups in total. The summed E-state index contributed by atoms with van der Waals surface area (Å²) in [7, 11) is 0. The molecule has 0 atom stereocenters. The second-order valence-corrected chi connectivity index (χ2v) is 4.51. The largest absolute Gasteiger partial charge is 0.345 e. The van der Waals surface area contributed by atoms with E-state index in [4.69, 9.17) is 5.26 Å². The number of H-pyrrole nitrogens is 1. The smallest absolute Gasteiger partial charge is 0.0991 e. The van der Waals surface area contributed by atoms with E-state index in [1.54, 1.807) is 6.33 Å². The van der Waals surface area contributed by atoms with Gasteiger partial charge in [0.05, 0.1) is 29.9 Å². The Labute approximate surface area is 106 Å². The van der Waals surface area contributed by atoms with Crippen molar-refractivity contribution in [2.45, 2.75) is 19.3 Å². The van der Waals surface area contributed by atoms with E-state index in [2.05, 4.69) is 28.2 Å². The molecule has 3 rings (SSSR count). The van der Waals surface area contributed by atoms with Crippen molar-refractivity contribution in [2.24, 2.45) is 0 Å². The van der Waals surface area contributed by atoms with Crippen molar-refractivity contribution in [3.63, 3.8) is 0 Å². The zero-order valence-electron chi connectivity index (χ0n) is 9.98. The van der Waals surface area contributed by atoms with Crippen molar-refractivity contribution >= 4 is 11.6 Å². The number of rotatable bonds is 1. The van der Waals surface area contributed by atoms with E-state index in [0.717, 1.165) is 30.5 Å². The molecule has 0 radical (unpaired) electrons. The van der Waals surface area contributed by atoms with Gasteiger partial charge in [0.1, 0.15) is 0 Å². The fourth-order valence-electron chi connectivity index (χ4n) is 2.47. The number of hydrogen-bond acceptors (Lipinski definition) is 2. The number of aromatic nitrogens is 2. The number of imidazole rings is 1. The van der Waals surface area contributed by atoms with Crippen molar-refractivity contribution < 1.29 is 0 Å². The van der Waals surface area contributed by atoms with Gasteiger partial charge in [-0.3, -0.25) is 0 Å². The zero-order valence-corrected chi connectivity index (χ0v) is 9.98. The van der Waals surface area contributed by atoms with Gasteiger partial charge in [0.2, 0.25) is 0 Å². The molecule has 3 nitrogen and oxygen atoms in total. The van der Waals surface area contributed by atoms with Gasteiger partial charge in [0.25, 0.3) is 0 Å². The third-order valence-corrected chi connectivity index (χ3v) is 3.32. The second kappa shape index (κ2) is 4.50. The van der Waals surface area contributed by atoms with Gasteiger partial charge in [-0.1, -0.05) is 6.07 Å². The summed E-state index contributed by atoms with van der Waals surface area (Å²) in [6.45, 7) is 0. The average molecular weight is 235 g/mol. The number of benzene rings is 1. The lowest BCUT2D eigenvalue weighted by Gasteiger charge is -2.19. The standard InChI is InChI=1S/C15H13N3/c16-8-11-4-5-15-12(6-11)2-1-3-13(15)7-14-9-17-10-18-14/h4-7,9-10H,1-3H2,(H,17,18)/b13-7-. The fourth-order valence-corrected chi connectivity index (χ4v) is 2.47. The summed E-state index contributed by atoms with van der Waals surface area (Å²) < 4.78 is 0. The van der Waals surface area contributed by atoms with Gasteiger partial charge in [0.15, 0.2) is 0 Å². The Hall–Kier alpha value is -2.34. The fraction of sp³-hybridized carbons (Fsp3) is 0.200. The molecule has 0 spiro atoms. The van der Waals surface area contributed by atoms with Gasteiger partial charge in [-0.2, -0.15) is 5.26 Å². The van der Waals surface area contributed by atoms with Crippen LogP contribution >= 0.6 is 0 Å². The van der Waals surface area contributed by atoms with Crippen LogP contribution in [0.4, 0.5) is 0 Å². The first-order chi connectivity index (χ1) is 8.86. The molecule has 1 aromatic heterocycles. The molecule has 0 bridgehead atoms. The molecule has 1 aromatic carbocycles. The van der Waals surface area contributed by atoms with Crippen LogP contribution < -0.4 is 0 Å². The lowest BCUT2D eigenvalue weighted by Crippen LogP contribution is -2.02. The minimum Gasteiger partial charge on any atom is -0.345 e. The zero-order chi connectivity index (χ0) is 12.4. The highest BCUT2D eigenvalue weighted by atomic mass is 14.8. The Balaban J connectivity index is 2.05. The molecule has 88 valence electrons. The third kappa shape index (κ3) is 1.93. The van der Waals surface area contributed by atoms with Crippen molar-refractivity contribution in [2.75, 3.05) is 0 Å². The SMILES string of the molecule is N#Cc1ccc2c(c1)CCC/C2=C/c1cnc[nH]1. The minimum atomic E-state index is 0.747. The van der Waals surface area contributed by atoms with Gasteiger partial charge in [-0.25, -0.2) is 4.98 Å². The van der Waals surface area contributed by atoms with Crippen molar-refractivity contribution in [3.05, 3.63) is 53.1 Å². The van der Waals surface area contributed by atoms with E-state index in [9.17, 15) is 0 Å². The molecule has 0 saturated carbocycles. The van der Waals surface area contributed by atoms with Gasteiger partial charge in [-0.05, 0) is 54.2 Å². The molecule has 3 heteroatoms. The normalized spacial score (nSPS) is 16.3. The van der Waals surface area contributed by atoms with Gasteiger partial charge in [-0.15, -0.1) is 0 Å². The summed E-state index contributed by atoms with van der Waals surface area (Å²) in [4.78, 5) is 7.13. The number of fused-ring (bicyclic) bond motifs is 1. The van der Waals surface area contributed by atoms with E-state index in [-0.39, 0.29) is 0 Å². The number of nitriles is 1. The average Bonchev–Trinajstić information content (AvgIpc) is 2.91. The molecule has 0 unspecified atom stereocenters. The maximum Gasteiger partial charge on any atom is 0.0991 e. The Bertz CT molecular complexity index is 630. The number of aryl methyl sites for hydroxylation is 1. The first-order valence-electron chi connectivity index (χ1n) is 6.09. The third-order valence-electron chi connectivity index (χ3n) is 3.32. The molecule has 0 amide bonds. The minimum absolute atomic E-state index is 0.747. The summed E-state index contributed by atoms with van der Waals surface area (Å²) in [5, 5.41) is 8.93. The van der Waals surface area contributed by atoms with Crippen LogP contribution in [0.25, 0.3) is 11.6 Å². The lowest BCUT2D eigenvalue weighted by atomic mass is 9.86. The number of aromatic amines is 1. The summed E-state index contributed by atoms with van der Waals surface area (Å²) >= 11 is 0. The number of allylic oxidation sites excluding steroid dienone is 1. The monoisotopic (exact) mass is 235 g/mol. The Morgan fingerprint density at radius 1 is 1.33 bits per heavy atom. The number of hydrogen-bond donors (Lipinski definition) is 1. The predicted molar refractivity (Wildman–Crippen MR) is 70.6 cm³/mol. The maximum absolute atomic E-state index is 8.93. The maximum atomic E-state index is 8.93. The highest BCUT2D eigenvalue weighted by molar-refractivity contribution is 5.83. The molecule has 1 aliphatic carbocycles. The van der Waals surface area contributed by atoms with Crippen molar-refractivity contribution in [3.8, 4) is 6.07 Å². The summed E-state index contributed by atoms with van der Waals surface area (Å²) in [5.41, 5.74) is 5.66. The van der Waals surface area contributed by atoms with E-state index in [0.29, 0.717) is 0 Å². The highest BCUT2D eigenvalue weighted by Crippen LogP contribution is 2.32. The summed E-state index contributed by atoms with van der Waals surface area (Å²) in [6, 6.07) is 8.17. The molecule has 0 saturated heterocycles. The van der Waals surface area contributed by atoms with Crippen LogP contribution in [0.5, 0.6) is 0 Å². The lowest BCUT2D eigenvalue weighted by molar-refractivity contribution is 0.823. The van der Waals surface area contributed by atoms with E-state index < -0.39 is 0 Å². The Kier molecular flexibility index (Phi) is 2.70. The van der Waals surface area contributed by atoms with E-state index >= 15 is 0 Å². The highest BCUT2D eigenvalue weighted by Gasteiger charge is 2.14. The summed E-state index contributed by atoms with van der Waals surface area (Å²) in [6.07, 6.45) is 8.95. The van der Waals surface area contributed by atoms with Gasteiger partial charge < -0.3 is 4.98 Å². The van der Waals surface area contributed by atoms with Crippen molar-refractivity contribution in [1.82, 2.24) is 9.97 Å². The number of nitrogens with one attached hydrogen (secondary N) is 1. The molecule has 2 aromatic rings. The molecular formula is C15H13N3.